The highest BCUT2D eigenvalue weighted by Gasteiger charge is 2.73. The second-order valence-electron chi connectivity index (χ2n) is 6.95. The number of rotatable bonds is 4. The summed E-state index contributed by atoms with van der Waals surface area (Å²) < 4.78 is 83.6. The Kier molecular flexibility index (Phi) is 6.18. The fraction of sp³-hybridized carbons (Fsp3) is 0.421. The van der Waals surface area contributed by atoms with E-state index in [2.05, 4.69) is 4.98 Å². The van der Waals surface area contributed by atoms with Gasteiger partial charge in [0, 0.05) is 17.3 Å². The Labute approximate surface area is 177 Å². The van der Waals surface area contributed by atoms with Gasteiger partial charge in [-0.25, -0.2) is 0 Å². The van der Waals surface area contributed by atoms with Crippen LogP contribution in [-0.2, 0) is 12.8 Å². The Morgan fingerprint density at radius 1 is 1.10 bits per heavy atom. The number of pyridine rings is 1. The largest absolute Gasteiger partial charge is 0.439 e. The lowest BCUT2D eigenvalue weighted by atomic mass is 10.0. The highest BCUT2D eigenvalue weighted by atomic mass is 32.1. The van der Waals surface area contributed by atoms with Gasteiger partial charge in [0.25, 0.3) is 5.91 Å². The lowest BCUT2D eigenvalue weighted by Gasteiger charge is -2.38. The third-order valence-electron chi connectivity index (χ3n) is 4.91. The van der Waals surface area contributed by atoms with Crippen molar-refractivity contribution in [1.82, 2.24) is 10.3 Å². The number of aromatic nitrogens is 1. The Morgan fingerprint density at radius 3 is 2.35 bits per heavy atom. The number of nitrogens with zero attached hydrogens (tertiary/aromatic N) is 2. The van der Waals surface area contributed by atoms with Crippen LogP contribution in [-0.4, -0.2) is 28.9 Å². The molecule has 12 heteroatoms. The van der Waals surface area contributed by atoms with Crippen molar-refractivity contribution in [2.24, 2.45) is 0 Å². The molecule has 31 heavy (non-hydrogen) atoms. The van der Waals surface area contributed by atoms with Gasteiger partial charge in [0.1, 0.15) is 11.1 Å². The molecule has 2 aromatic heterocycles. The van der Waals surface area contributed by atoms with Crippen LogP contribution in [0.2, 0.25) is 0 Å². The number of hydrogen-bond acceptors (Lipinski definition) is 5. The van der Waals surface area contributed by atoms with Crippen molar-refractivity contribution in [3.63, 3.8) is 0 Å². The lowest BCUT2D eigenvalue weighted by Crippen LogP contribution is -2.72. The van der Waals surface area contributed by atoms with E-state index < -0.39 is 34.5 Å². The number of carbonyl (C=O) groups is 1. The van der Waals surface area contributed by atoms with E-state index in [1.807, 2.05) is 0 Å². The van der Waals surface area contributed by atoms with Crippen LogP contribution in [0.25, 0.3) is 0 Å². The zero-order valence-corrected chi connectivity index (χ0v) is 16.6. The molecule has 1 aliphatic carbocycles. The molecule has 0 saturated heterocycles. The van der Waals surface area contributed by atoms with E-state index in [0.717, 1.165) is 30.4 Å². The molecule has 5 nitrogen and oxygen atoms in total. The Bertz CT molecular complexity index is 980. The summed E-state index contributed by atoms with van der Waals surface area (Å²) in [6.07, 6.45) is -6.78. The maximum atomic E-state index is 13.9. The monoisotopic (exact) mass is 462 g/mol. The van der Waals surface area contributed by atoms with Gasteiger partial charge in [-0.1, -0.05) is 6.42 Å². The van der Waals surface area contributed by atoms with E-state index >= 15 is 0 Å². The van der Waals surface area contributed by atoms with Gasteiger partial charge in [-0.05, 0) is 43.4 Å². The molecule has 0 aliphatic heterocycles. The molecule has 0 atom stereocenters. The van der Waals surface area contributed by atoms with Crippen LogP contribution in [0.5, 0.6) is 0 Å². The molecule has 0 unspecified atom stereocenters. The number of thiophene rings is 1. The number of aryl methyl sites for hydroxylation is 1. The average Bonchev–Trinajstić information content (AvgIpc) is 2.85. The van der Waals surface area contributed by atoms with Crippen LogP contribution in [0.1, 0.15) is 45.6 Å². The molecule has 0 fully saturated rings. The molecule has 166 valence electrons. The molecule has 2 aromatic rings. The van der Waals surface area contributed by atoms with Crippen LogP contribution in [0.4, 0.5) is 31.3 Å². The summed E-state index contributed by atoms with van der Waals surface area (Å²) >= 11 is 0.685. The summed E-state index contributed by atoms with van der Waals surface area (Å²) in [7, 11) is 0. The van der Waals surface area contributed by atoms with E-state index in [4.69, 9.17) is 0 Å². The second-order valence-corrected chi connectivity index (χ2v) is 8.05. The van der Waals surface area contributed by atoms with Crippen LogP contribution in [0, 0.1) is 11.3 Å². The first-order chi connectivity index (χ1) is 14.5. The molecule has 2 N–H and O–H groups in total. The lowest BCUT2D eigenvalue weighted by molar-refractivity contribution is -0.293. The minimum Gasteiger partial charge on any atom is -0.338 e. The molecular weight excluding hydrogens is 446 g/mol. The van der Waals surface area contributed by atoms with E-state index in [0.29, 0.717) is 41.0 Å². The van der Waals surface area contributed by atoms with Crippen molar-refractivity contribution >= 4 is 22.2 Å². The number of nitrogens with one attached hydrogen (secondary N) is 2. The van der Waals surface area contributed by atoms with Gasteiger partial charge in [-0.2, -0.15) is 31.6 Å². The van der Waals surface area contributed by atoms with Crippen molar-refractivity contribution in [3.8, 4) is 6.07 Å². The van der Waals surface area contributed by atoms with Crippen LogP contribution in [0.3, 0.4) is 0 Å². The molecule has 1 aliphatic rings. The first-order valence-electron chi connectivity index (χ1n) is 9.19. The summed E-state index contributed by atoms with van der Waals surface area (Å²) in [4.78, 5) is 16.4. The number of alkyl halides is 6. The van der Waals surface area contributed by atoms with Crippen molar-refractivity contribution in [2.45, 2.75) is 50.1 Å². The first-order valence-corrected chi connectivity index (χ1v) is 10.0. The van der Waals surface area contributed by atoms with Gasteiger partial charge in [-0.3, -0.25) is 9.78 Å². The third kappa shape index (κ3) is 4.32. The predicted molar refractivity (Wildman–Crippen MR) is 100 cm³/mol. The molecule has 0 saturated carbocycles. The number of fused-ring (bicyclic) bond motifs is 1. The number of halogens is 6. The van der Waals surface area contributed by atoms with Crippen LogP contribution >= 0.6 is 11.3 Å². The first kappa shape index (κ1) is 22.9. The normalized spacial score (nSPS) is 14.9. The number of amides is 1. The fourth-order valence-corrected chi connectivity index (χ4v) is 4.63. The zero-order chi connectivity index (χ0) is 22.9. The Balaban J connectivity index is 2.10. The smallest absolute Gasteiger partial charge is 0.338 e. The highest BCUT2D eigenvalue weighted by molar-refractivity contribution is 7.16. The van der Waals surface area contributed by atoms with Crippen LogP contribution < -0.4 is 10.6 Å². The fourth-order valence-electron chi connectivity index (χ4n) is 3.33. The summed E-state index contributed by atoms with van der Waals surface area (Å²) in [6.45, 7) is 0. The number of nitriles is 1. The summed E-state index contributed by atoms with van der Waals surface area (Å²) in [5.41, 5.74) is -5.08. The maximum Gasteiger partial charge on any atom is 0.439 e. The van der Waals surface area contributed by atoms with E-state index in [-0.39, 0.29) is 5.56 Å². The quantitative estimate of drug-likeness (QED) is 0.383. The predicted octanol–water partition coefficient (Wildman–Crippen LogP) is 4.95. The van der Waals surface area contributed by atoms with Gasteiger partial charge in [0.2, 0.25) is 0 Å². The molecule has 0 aromatic carbocycles. The topological polar surface area (TPSA) is 77.8 Å². The van der Waals surface area contributed by atoms with E-state index in [1.54, 1.807) is 6.07 Å². The van der Waals surface area contributed by atoms with Gasteiger partial charge in [0.05, 0.1) is 11.1 Å². The number of carbonyl (C=O) groups excluding carboxylic acids is 1. The Hall–Kier alpha value is -2.81. The SMILES string of the molecule is N#Cc1c(NC(NC(=O)c2cccnc2)(C(F)(F)F)C(F)(F)F)sc2c1CCCCC2. The third-order valence-corrected chi connectivity index (χ3v) is 6.12. The standard InChI is InChI=1S/C19H16F6N4OS/c20-18(21,22)17(19(23,24)25,28-15(30)11-5-4-8-27-10-11)29-16-13(9-26)12-6-2-1-3-7-14(12)31-16/h4-5,8,10,29H,1-3,6-7H2,(H,28,30). The van der Waals surface area contributed by atoms with Crippen molar-refractivity contribution in [3.05, 3.63) is 46.1 Å². The molecule has 3 rings (SSSR count). The molecule has 0 bridgehead atoms. The minimum atomic E-state index is -5.97. The van der Waals surface area contributed by atoms with Gasteiger partial charge in [0.15, 0.2) is 0 Å². The average molecular weight is 462 g/mol. The maximum absolute atomic E-state index is 13.9. The van der Waals surface area contributed by atoms with Crippen molar-refractivity contribution in [1.29, 1.82) is 5.26 Å². The summed E-state index contributed by atoms with van der Waals surface area (Å²) in [5.74, 6) is -1.62. The van der Waals surface area contributed by atoms with Crippen LogP contribution in [0.15, 0.2) is 24.5 Å². The number of anilines is 1. The Morgan fingerprint density at radius 2 is 1.77 bits per heavy atom. The summed E-state index contributed by atoms with van der Waals surface area (Å²) in [5, 5.41) is 11.4. The molecule has 0 radical (unpaired) electrons. The zero-order valence-electron chi connectivity index (χ0n) is 15.8. The van der Waals surface area contributed by atoms with Gasteiger partial charge >= 0.3 is 18.0 Å². The van der Waals surface area contributed by atoms with E-state index in [1.165, 1.54) is 17.6 Å². The minimum absolute atomic E-state index is 0.254. The summed E-state index contributed by atoms with van der Waals surface area (Å²) in [6, 6.07) is 3.97. The molecule has 0 spiro atoms. The van der Waals surface area contributed by atoms with E-state index in [9.17, 15) is 36.4 Å². The van der Waals surface area contributed by atoms with Crippen molar-refractivity contribution < 1.29 is 31.1 Å². The van der Waals surface area contributed by atoms with Gasteiger partial charge < -0.3 is 10.6 Å². The molecular formula is C19H16F6N4OS. The van der Waals surface area contributed by atoms with Gasteiger partial charge in [-0.15, -0.1) is 11.3 Å². The second kappa shape index (κ2) is 8.37. The molecule has 2 heterocycles. The highest BCUT2D eigenvalue weighted by Crippen LogP contribution is 2.47. The number of hydrogen-bond donors (Lipinski definition) is 2. The molecule has 1 amide bonds. The van der Waals surface area contributed by atoms with Crippen molar-refractivity contribution in [2.75, 3.05) is 5.32 Å².